The van der Waals surface area contributed by atoms with Gasteiger partial charge in [0.05, 0.1) is 27.3 Å². The Hall–Kier alpha value is -3.95. The number of benzene rings is 3. The van der Waals surface area contributed by atoms with E-state index in [4.69, 9.17) is 32.7 Å². The third-order valence-electron chi connectivity index (χ3n) is 5.58. The quantitative estimate of drug-likeness (QED) is 0.288. The lowest BCUT2D eigenvalue weighted by Crippen LogP contribution is -1.98. The number of H-pyrrole nitrogens is 1. The van der Waals surface area contributed by atoms with Gasteiger partial charge in [-0.25, -0.2) is 19.3 Å². The highest BCUT2D eigenvalue weighted by atomic mass is 35.5. The normalized spacial score (nSPS) is 11.3. The molecular formula is C27H20ClFN4O. The van der Waals surface area contributed by atoms with E-state index in [1.54, 1.807) is 0 Å². The Morgan fingerprint density at radius 1 is 1.03 bits per heavy atom. The summed E-state index contributed by atoms with van der Waals surface area (Å²) in [5, 5.41) is 0.841. The maximum Gasteiger partial charge on any atom is 0.196 e. The number of nitrogens with zero attached hydrogens (tertiary/aromatic N) is 3. The minimum Gasteiger partial charge on any atom is -0.481 e. The van der Waals surface area contributed by atoms with Crippen LogP contribution in [0.2, 0.25) is 5.02 Å². The van der Waals surface area contributed by atoms with Gasteiger partial charge in [0.15, 0.2) is 11.6 Å². The Morgan fingerprint density at radius 2 is 1.82 bits per heavy atom. The molecule has 0 aliphatic heterocycles. The van der Waals surface area contributed by atoms with Crippen molar-refractivity contribution < 1.29 is 9.13 Å². The Balaban J connectivity index is 1.70. The first-order valence-corrected chi connectivity index (χ1v) is 11.1. The van der Waals surface area contributed by atoms with Gasteiger partial charge in [0.2, 0.25) is 0 Å². The molecule has 0 radical (unpaired) electrons. The van der Waals surface area contributed by atoms with Gasteiger partial charge < -0.3 is 9.72 Å². The van der Waals surface area contributed by atoms with Gasteiger partial charge in [-0.15, -0.1) is 6.42 Å². The Morgan fingerprint density at radius 3 is 2.56 bits per heavy atom. The molecule has 7 heteroatoms. The Labute approximate surface area is 201 Å². The molecule has 0 amide bonds. The average molecular weight is 471 g/mol. The number of hydrogen-bond donors (Lipinski definition) is 1. The van der Waals surface area contributed by atoms with Crippen molar-refractivity contribution in [2.45, 2.75) is 19.8 Å². The van der Waals surface area contributed by atoms with Crippen molar-refractivity contribution in [3.8, 4) is 41.0 Å². The van der Waals surface area contributed by atoms with E-state index in [1.807, 2.05) is 30.3 Å². The number of hydrogen-bond acceptors (Lipinski definition) is 4. The Kier molecular flexibility index (Phi) is 5.64. The maximum absolute atomic E-state index is 13.9. The van der Waals surface area contributed by atoms with E-state index in [0.717, 1.165) is 16.6 Å². The van der Waals surface area contributed by atoms with Crippen LogP contribution in [-0.4, -0.2) is 26.5 Å². The smallest absolute Gasteiger partial charge is 0.196 e. The largest absolute Gasteiger partial charge is 0.481 e. The number of aromatic nitrogens is 4. The lowest BCUT2D eigenvalue weighted by Gasteiger charge is -2.11. The summed E-state index contributed by atoms with van der Waals surface area (Å²) in [7, 11) is 0. The third kappa shape index (κ3) is 4.07. The zero-order valence-electron chi connectivity index (χ0n) is 18.6. The molecule has 1 N–H and O–H groups in total. The van der Waals surface area contributed by atoms with Gasteiger partial charge in [-0.05, 0) is 35.7 Å². The SMILES string of the molecule is C#CCOc1ccc2nc(-c3nc4cc(F)c(Cl)cc4[nH]3)nc(-c3ccc(C(C)C)cc3)c2c1. The van der Waals surface area contributed by atoms with Crippen LogP contribution >= 0.6 is 11.6 Å². The molecule has 168 valence electrons. The molecule has 0 saturated carbocycles. The van der Waals surface area contributed by atoms with Gasteiger partial charge in [0.25, 0.3) is 0 Å². The lowest BCUT2D eigenvalue weighted by atomic mass is 9.99. The number of ether oxygens (including phenoxy) is 1. The second-order valence-corrected chi connectivity index (χ2v) is 8.62. The molecule has 0 atom stereocenters. The van der Waals surface area contributed by atoms with Crippen molar-refractivity contribution in [2.75, 3.05) is 6.61 Å². The van der Waals surface area contributed by atoms with E-state index in [9.17, 15) is 4.39 Å². The molecule has 0 spiro atoms. The van der Waals surface area contributed by atoms with E-state index < -0.39 is 5.82 Å². The number of halogens is 2. The minimum atomic E-state index is -0.530. The van der Waals surface area contributed by atoms with E-state index in [-0.39, 0.29) is 11.6 Å². The molecule has 0 aliphatic rings. The van der Waals surface area contributed by atoms with Crippen molar-refractivity contribution in [1.29, 1.82) is 0 Å². The highest BCUT2D eigenvalue weighted by Crippen LogP contribution is 2.32. The molecule has 3 aromatic carbocycles. The molecule has 0 unspecified atom stereocenters. The highest BCUT2D eigenvalue weighted by molar-refractivity contribution is 6.31. The number of imidazole rings is 1. The lowest BCUT2D eigenvalue weighted by molar-refractivity contribution is 0.371. The fraction of sp³-hybridized carbons (Fsp3) is 0.148. The van der Waals surface area contributed by atoms with Crippen molar-refractivity contribution in [3.63, 3.8) is 0 Å². The van der Waals surface area contributed by atoms with Crippen molar-refractivity contribution in [1.82, 2.24) is 19.9 Å². The molecule has 0 saturated heterocycles. The first-order chi connectivity index (χ1) is 16.4. The summed E-state index contributed by atoms with van der Waals surface area (Å²) in [6.45, 7) is 4.47. The topological polar surface area (TPSA) is 63.7 Å². The van der Waals surface area contributed by atoms with Crippen LogP contribution in [-0.2, 0) is 0 Å². The first-order valence-electron chi connectivity index (χ1n) is 10.8. The van der Waals surface area contributed by atoms with Gasteiger partial charge in [-0.2, -0.15) is 0 Å². The molecule has 5 rings (SSSR count). The minimum absolute atomic E-state index is 0.0209. The fourth-order valence-electron chi connectivity index (χ4n) is 3.78. The predicted octanol–water partition coefficient (Wildman–Crippen LogP) is 6.77. The third-order valence-corrected chi connectivity index (χ3v) is 5.87. The van der Waals surface area contributed by atoms with Gasteiger partial charge in [0.1, 0.15) is 18.2 Å². The predicted molar refractivity (Wildman–Crippen MR) is 133 cm³/mol. The van der Waals surface area contributed by atoms with Crippen molar-refractivity contribution in [3.05, 3.63) is 71.0 Å². The van der Waals surface area contributed by atoms with Crippen LogP contribution in [0.25, 0.3) is 44.8 Å². The zero-order chi connectivity index (χ0) is 23.8. The van der Waals surface area contributed by atoms with Crippen LogP contribution in [0.4, 0.5) is 4.39 Å². The summed E-state index contributed by atoms with van der Waals surface area (Å²) in [5.74, 6) is 3.81. The molecule has 0 bridgehead atoms. The summed E-state index contributed by atoms with van der Waals surface area (Å²) in [5.41, 5.74) is 4.65. The second-order valence-electron chi connectivity index (χ2n) is 8.21. The summed E-state index contributed by atoms with van der Waals surface area (Å²) in [4.78, 5) is 17.2. The number of fused-ring (bicyclic) bond motifs is 2. The molecule has 2 aromatic heterocycles. The molecule has 5 aromatic rings. The maximum atomic E-state index is 13.9. The Bertz CT molecular complexity index is 1530. The van der Waals surface area contributed by atoms with Crippen LogP contribution in [0.15, 0.2) is 54.6 Å². The van der Waals surface area contributed by atoms with Crippen LogP contribution in [0.3, 0.4) is 0 Å². The number of nitrogens with one attached hydrogen (secondary N) is 1. The summed E-state index contributed by atoms with van der Waals surface area (Å²) in [6.07, 6.45) is 5.34. The molecule has 0 fully saturated rings. The molecule has 5 nitrogen and oxygen atoms in total. The standard InChI is InChI=1S/C27H20ClFN4O/c1-4-11-34-18-9-10-22-19(12-18)25(17-7-5-16(6-8-17)15(2)3)33-27(30-22)26-31-23-13-20(28)21(29)14-24(23)32-26/h1,5-10,12-15H,11H2,2-3H3,(H,31,32). The van der Waals surface area contributed by atoms with E-state index in [1.165, 1.54) is 17.7 Å². The van der Waals surface area contributed by atoms with Crippen LogP contribution in [0.5, 0.6) is 5.75 Å². The van der Waals surface area contributed by atoms with Crippen molar-refractivity contribution in [2.24, 2.45) is 0 Å². The zero-order valence-corrected chi connectivity index (χ0v) is 19.3. The van der Waals surface area contributed by atoms with Crippen LogP contribution in [0, 0.1) is 18.2 Å². The molecule has 34 heavy (non-hydrogen) atoms. The van der Waals surface area contributed by atoms with Crippen molar-refractivity contribution >= 4 is 33.5 Å². The van der Waals surface area contributed by atoms with Crippen LogP contribution in [0.1, 0.15) is 25.3 Å². The fourth-order valence-corrected chi connectivity index (χ4v) is 3.95. The second kappa shape index (κ2) is 8.77. The van der Waals surface area contributed by atoms with E-state index in [0.29, 0.717) is 39.9 Å². The number of aromatic amines is 1. The van der Waals surface area contributed by atoms with Gasteiger partial charge in [-0.1, -0.05) is 55.6 Å². The number of terminal acetylenes is 1. The van der Waals surface area contributed by atoms with E-state index >= 15 is 0 Å². The summed E-state index contributed by atoms with van der Waals surface area (Å²) < 4.78 is 19.6. The van der Waals surface area contributed by atoms with Crippen LogP contribution < -0.4 is 4.74 Å². The summed E-state index contributed by atoms with van der Waals surface area (Å²) >= 11 is 5.93. The van der Waals surface area contributed by atoms with Gasteiger partial charge >= 0.3 is 0 Å². The monoisotopic (exact) mass is 470 g/mol. The number of rotatable bonds is 5. The molecule has 2 heterocycles. The summed E-state index contributed by atoms with van der Waals surface area (Å²) in [6, 6.07) is 16.6. The average Bonchev–Trinajstić information content (AvgIpc) is 3.25. The molecular weight excluding hydrogens is 451 g/mol. The van der Waals surface area contributed by atoms with Gasteiger partial charge in [-0.3, -0.25) is 0 Å². The highest BCUT2D eigenvalue weighted by Gasteiger charge is 2.16. The molecule has 0 aliphatic carbocycles. The van der Waals surface area contributed by atoms with E-state index in [2.05, 4.69) is 41.9 Å². The first kappa shape index (κ1) is 21.9. The van der Waals surface area contributed by atoms with Gasteiger partial charge in [0, 0.05) is 17.0 Å².